The van der Waals surface area contributed by atoms with Gasteiger partial charge in [-0.15, -0.1) is 0 Å². The highest BCUT2D eigenvalue weighted by Crippen LogP contribution is 2.34. The zero-order chi connectivity index (χ0) is 17.6. The molecule has 25 heavy (non-hydrogen) atoms. The summed E-state index contributed by atoms with van der Waals surface area (Å²) in [6, 6.07) is 11.4. The number of fused-ring (bicyclic) bond motifs is 3. The SMILES string of the molecule is CN1Cc2ccc(-c3ccc(F)cn3)cc2-c2ccc(F)nc2C1=O. The normalized spacial score (nSPS) is 13.2. The summed E-state index contributed by atoms with van der Waals surface area (Å²) >= 11 is 0. The maximum Gasteiger partial charge on any atom is 0.273 e. The second kappa shape index (κ2) is 5.73. The van der Waals surface area contributed by atoms with Crippen LogP contribution in [0.4, 0.5) is 8.78 Å². The molecule has 3 aromatic rings. The van der Waals surface area contributed by atoms with E-state index in [-0.39, 0.29) is 11.6 Å². The fraction of sp³-hybridized carbons (Fsp3) is 0.105. The average Bonchev–Trinajstić information content (AvgIpc) is 2.71. The third-order valence-corrected chi connectivity index (χ3v) is 4.24. The van der Waals surface area contributed by atoms with Gasteiger partial charge in [0.25, 0.3) is 5.91 Å². The molecule has 1 aromatic carbocycles. The Labute approximate surface area is 142 Å². The Kier molecular flexibility index (Phi) is 3.53. The lowest BCUT2D eigenvalue weighted by Crippen LogP contribution is -2.25. The number of amides is 1. The standard InChI is InChI=1S/C19H13F2N3O/c1-24-10-12-3-2-11(16-6-4-13(20)9-22-16)8-15(12)14-5-7-17(21)23-18(14)19(24)25/h2-9H,10H2,1H3. The number of halogens is 2. The second-order valence-corrected chi connectivity index (χ2v) is 5.92. The van der Waals surface area contributed by atoms with Crippen LogP contribution in [0.1, 0.15) is 16.1 Å². The van der Waals surface area contributed by atoms with Crippen molar-refractivity contribution in [2.45, 2.75) is 6.54 Å². The van der Waals surface area contributed by atoms with Crippen LogP contribution in [0, 0.1) is 11.8 Å². The van der Waals surface area contributed by atoms with E-state index >= 15 is 0 Å². The Bertz CT molecular complexity index is 986. The van der Waals surface area contributed by atoms with Gasteiger partial charge < -0.3 is 4.90 Å². The predicted octanol–water partition coefficient (Wildman–Crippen LogP) is 3.67. The molecule has 0 saturated heterocycles. The van der Waals surface area contributed by atoms with Crippen LogP contribution in [-0.2, 0) is 6.54 Å². The number of pyridine rings is 2. The summed E-state index contributed by atoms with van der Waals surface area (Å²) in [6.07, 6.45) is 1.16. The minimum atomic E-state index is -0.694. The molecule has 1 amide bonds. The van der Waals surface area contributed by atoms with E-state index in [9.17, 15) is 13.6 Å². The first kappa shape index (κ1) is 15.4. The number of hydrogen-bond donors (Lipinski definition) is 0. The molecule has 0 bridgehead atoms. The lowest BCUT2D eigenvalue weighted by molar-refractivity contribution is 0.0781. The van der Waals surface area contributed by atoms with Crippen LogP contribution < -0.4 is 0 Å². The number of aromatic nitrogens is 2. The summed E-state index contributed by atoms with van der Waals surface area (Å²) in [4.78, 5) is 21.9. The van der Waals surface area contributed by atoms with Gasteiger partial charge in [-0.05, 0) is 41.5 Å². The van der Waals surface area contributed by atoms with Crippen molar-refractivity contribution >= 4 is 5.91 Å². The lowest BCUT2D eigenvalue weighted by Gasteiger charge is -2.14. The van der Waals surface area contributed by atoms with Crippen LogP contribution in [0.2, 0.25) is 0 Å². The highest BCUT2D eigenvalue weighted by atomic mass is 19.1. The molecule has 4 rings (SSSR count). The van der Waals surface area contributed by atoms with E-state index in [2.05, 4.69) is 9.97 Å². The van der Waals surface area contributed by atoms with Crippen molar-refractivity contribution in [2.75, 3.05) is 7.05 Å². The second-order valence-electron chi connectivity index (χ2n) is 5.92. The van der Waals surface area contributed by atoms with Gasteiger partial charge in [0, 0.05) is 24.7 Å². The van der Waals surface area contributed by atoms with Crippen molar-refractivity contribution in [1.82, 2.24) is 14.9 Å². The van der Waals surface area contributed by atoms with Crippen molar-refractivity contribution < 1.29 is 13.6 Å². The summed E-state index contributed by atoms with van der Waals surface area (Å²) < 4.78 is 26.7. The quantitative estimate of drug-likeness (QED) is 0.637. The molecule has 4 nitrogen and oxygen atoms in total. The molecule has 1 aliphatic heterocycles. The van der Waals surface area contributed by atoms with Crippen molar-refractivity contribution in [3.05, 3.63) is 71.7 Å². The van der Waals surface area contributed by atoms with Gasteiger partial charge in [-0.1, -0.05) is 12.1 Å². The number of nitrogens with zero attached hydrogens (tertiary/aromatic N) is 3. The summed E-state index contributed by atoms with van der Waals surface area (Å²) in [5.74, 6) is -1.43. The van der Waals surface area contributed by atoms with Crippen LogP contribution in [0.15, 0.2) is 48.7 Å². The molecule has 0 saturated carbocycles. The minimum absolute atomic E-state index is 0.0884. The summed E-state index contributed by atoms with van der Waals surface area (Å²) in [7, 11) is 1.66. The first-order valence-corrected chi connectivity index (χ1v) is 7.70. The number of carbonyl (C=O) groups excluding carboxylic acids is 1. The van der Waals surface area contributed by atoms with Crippen molar-refractivity contribution in [1.29, 1.82) is 0 Å². The predicted molar refractivity (Wildman–Crippen MR) is 88.6 cm³/mol. The zero-order valence-electron chi connectivity index (χ0n) is 13.3. The zero-order valence-corrected chi connectivity index (χ0v) is 13.3. The Morgan fingerprint density at radius 3 is 2.64 bits per heavy atom. The van der Waals surface area contributed by atoms with E-state index in [1.54, 1.807) is 19.2 Å². The van der Waals surface area contributed by atoms with Gasteiger partial charge in [-0.2, -0.15) is 4.39 Å². The molecule has 0 N–H and O–H groups in total. The van der Waals surface area contributed by atoms with E-state index in [1.165, 1.54) is 17.0 Å². The molecule has 0 unspecified atom stereocenters. The maximum atomic E-state index is 13.6. The van der Waals surface area contributed by atoms with Crippen LogP contribution >= 0.6 is 0 Å². The molecule has 1 aliphatic rings. The summed E-state index contributed by atoms with van der Waals surface area (Å²) in [5.41, 5.74) is 3.79. The topological polar surface area (TPSA) is 46.1 Å². The largest absolute Gasteiger partial charge is 0.336 e. The number of carbonyl (C=O) groups is 1. The Balaban J connectivity index is 1.93. The molecular formula is C19H13F2N3O. The van der Waals surface area contributed by atoms with E-state index in [0.29, 0.717) is 17.8 Å². The molecule has 3 heterocycles. The highest BCUT2D eigenvalue weighted by molar-refractivity contribution is 6.00. The molecule has 0 radical (unpaired) electrons. The van der Waals surface area contributed by atoms with E-state index in [4.69, 9.17) is 0 Å². The molecule has 0 spiro atoms. The summed E-state index contributed by atoms with van der Waals surface area (Å²) in [6.45, 7) is 0.392. The molecular weight excluding hydrogens is 324 g/mol. The van der Waals surface area contributed by atoms with Gasteiger partial charge in [0.05, 0.1) is 11.9 Å². The monoisotopic (exact) mass is 337 g/mol. The van der Waals surface area contributed by atoms with E-state index in [1.807, 2.05) is 18.2 Å². The maximum absolute atomic E-state index is 13.6. The molecule has 0 atom stereocenters. The average molecular weight is 337 g/mol. The Morgan fingerprint density at radius 2 is 1.88 bits per heavy atom. The molecule has 0 aliphatic carbocycles. The molecule has 6 heteroatoms. The van der Waals surface area contributed by atoms with E-state index in [0.717, 1.165) is 22.9 Å². The van der Waals surface area contributed by atoms with Crippen LogP contribution in [-0.4, -0.2) is 27.8 Å². The lowest BCUT2D eigenvalue weighted by atomic mass is 9.96. The fourth-order valence-corrected chi connectivity index (χ4v) is 2.99. The number of hydrogen-bond acceptors (Lipinski definition) is 3. The van der Waals surface area contributed by atoms with Gasteiger partial charge in [-0.3, -0.25) is 9.78 Å². The van der Waals surface area contributed by atoms with Crippen LogP contribution in [0.3, 0.4) is 0 Å². The third-order valence-electron chi connectivity index (χ3n) is 4.24. The minimum Gasteiger partial charge on any atom is -0.336 e. The number of benzene rings is 1. The number of rotatable bonds is 1. The van der Waals surface area contributed by atoms with Gasteiger partial charge >= 0.3 is 0 Å². The van der Waals surface area contributed by atoms with Crippen molar-refractivity contribution in [3.63, 3.8) is 0 Å². The van der Waals surface area contributed by atoms with Crippen LogP contribution in [0.25, 0.3) is 22.4 Å². The molecule has 0 fully saturated rings. The van der Waals surface area contributed by atoms with Crippen molar-refractivity contribution in [3.8, 4) is 22.4 Å². The molecule has 124 valence electrons. The fourth-order valence-electron chi connectivity index (χ4n) is 2.99. The first-order valence-electron chi connectivity index (χ1n) is 7.70. The first-order chi connectivity index (χ1) is 12.0. The Hall–Kier alpha value is -3.15. The summed E-state index contributed by atoms with van der Waals surface area (Å²) in [5, 5.41) is 0. The highest BCUT2D eigenvalue weighted by Gasteiger charge is 2.26. The van der Waals surface area contributed by atoms with Gasteiger partial charge in [0.2, 0.25) is 5.95 Å². The van der Waals surface area contributed by atoms with Gasteiger partial charge in [0.15, 0.2) is 0 Å². The van der Waals surface area contributed by atoms with Gasteiger partial charge in [-0.25, -0.2) is 9.37 Å². The third kappa shape index (κ3) is 2.65. The molecule has 2 aromatic heterocycles. The van der Waals surface area contributed by atoms with Gasteiger partial charge in [0.1, 0.15) is 11.5 Å². The van der Waals surface area contributed by atoms with Crippen LogP contribution in [0.5, 0.6) is 0 Å². The van der Waals surface area contributed by atoms with E-state index < -0.39 is 11.8 Å². The Morgan fingerprint density at radius 1 is 1.04 bits per heavy atom. The smallest absolute Gasteiger partial charge is 0.273 e. The van der Waals surface area contributed by atoms with Crippen molar-refractivity contribution in [2.24, 2.45) is 0 Å².